The smallest absolute Gasteiger partial charge is 0.378 e. The Morgan fingerprint density at radius 1 is 1.25 bits per heavy atom. The van der Waals surface area contributed by atoms with Crippen molar-refractivity contribution in [2.45, 2.75) is 13.1 Å². The van der Waals surface area contributed by atoms with Crippen molar-refractivity contribution in [3.05, 3.63) is 29.5 Å². The highest BCUT2D eigenvalue weighted by molar-refractivity contribution is 5.95. The standard InChI is InChI=1S/C13H15F3N4/c1-7-11(19-17)9-6-8(20(2)3)4-5-10(9)18-12(7)13(14,15)16/h4-6H,17H2,1-3H3,(H,18,19). The fraction of sp³-hybridized carbons (Fsp3) is 0.308. The first-order chi connectivity index (χ1) is 9.25. The number of alkyl halides is 3. The molecule has 4 nitrogen and oxygen atoms in total. The van der Waals surface area contributed by atoms with Gasteiger partial charge in [0.05, 0.1) is 11.2 Å². The number of benzene rings is 1. The predicted molar refractivity (Wildman–Crippen MR) is 73.6 cm³/mol. The molecular formula is C13H15F3N4. The van der Waals surface area contributed by atoms with Gasteiger partial charge in [-0.2, -0.15) is 13.2 Å². The number of rotatable bonds is 2. The summed E-state index contributed by atoms with van der Waals surface area (Å²) in [6, 6.07) is 5.02. The lowest BCUT2D eigenvalue weighted by atomic mass is 10.1. The lowest BCUT2D eigenvalue weighted by Crippen LogP contribution is -2.16. The fourth-order valence-electron chi connectivity index (χ4n) is 2.09. The van der Waals surface area contributed by atoms with Crippen LogP contribution in [0.3, 0.4) is 0 Å². The van der Waals surface area contributed by atoms with Crippen LogP contribution in [-0.4, -0.2) is 19.1 Å². The highest BCUT2D eigenvalue weighted by atomic mass is 19.4. The van der Waals surface area contributed by atoms with Crippen LogP contribution in [0.5, 0.6) is 0 Å². The van der Waals surface area contributed by atoms with Crippen LogP contribution >= 0.6 is 0 Å². The number of nitrogens with one attached hydrogen (secondary N) is 1. The molecule has 0 atom stereocenters. The highest BCUT2D eigenvalue weighted by Gasteiger charge is 2.36. The summed E-state index contributed by atoms with van der Waals surface area (Å²) in [7, 11) is 3.70. The first-order valence-corrected chi connectivity index (χ1v) is 5.91. The molecule has 1 aromatic heterocycles. The van der Waals surface area contributed by atoms with E-state index in [9.17, 15) is 13.2 Å². The summed E-state index contributed by atoms with van der Waals surface area (Å²) in [6.07, 6.45) is -4.51. The molecule has 2 aromatic rings. The van der Waals surface area contributed by atoms with Crippen LogP contribution in [0.1, 0.15) is 11.3 Å². The molecule has 0 aliphatic rings. The maximum atomic E-state index is 13.0. The molecule has 3 N–H and O–H groups in total. The van der Waals surface area contributed by atoms with E-state index in [4.69, 9.17) is 5.84 Å². The van der Waals surface area contributed by atoms with Crippen molar-refractivity contribution in [2.75, 3.05) is 24.4 Å². The van der Waals surface area contributed by atoms with E-state index in [0.29, 0.717) is 5.39 Å². The molecule has 0 aliphatic heterocycles. The van der Waals surface area contributed by atoms with Crippen LogP contribution in [0.4, 0.5) is 24.5 Å². The molecule has 108 valence electrons. The zero-order valence-electron chi connectivity index (χ0n) is 11.3. The Kier molecular flexibility index (Phi) is 3.47. The third-order valence-corrected chi connectivity index (χ3v) is 3.14. The van der Waals surface area contributed by atoms with E-state index in [1.165, 1.54) is 6.92 Å². The van der Waals surface area contributed by atoms with Crippen molar-refractivity contribution in [3.63, 3.8) is 0 Å². The average Bonchev–Trinajstić information content (AvgIpc) is 2.36. The Morgan fingerprint density at radius 2 is 1.90 bits per heavy atom. The van der Waals surface area contributed by atoms with E-state index in [0.717, 1.165) is 5.69 Å². The SMILES string of the molecule is Cc1c(C(F)(F)F)nc2ccc(N(C)C)cc2c1NN. The van der Waals surface area contributed by atoms with E-state index >= 15 is 0 Å². The second-order valence-corrected chi connectivity index (χ2v) is 4.70. The van der Waals surface area contributed by atoms with Gasteiger partial charge in [0, 0.05) is 30.7 Å². The Balaban J connectivity index is 2.81. The zero-order chi connectivity index (χ0) is 15.1. The third-order valence-electron chi connectivity index (χ3n) is 3.14. The fourth-order valence-corrected chi connectivity index (χ4v) is 2.09. The normalized spacial score (nSPS) is 11.8. The third kappa shape index (κ3) is 2.36. The van der Waals surface area contributed by atoms with Crippen LogP contribution in [0.25, 0.3) is 10.9 Å². The number of aromatic nitrogens is 1. The quantitative estimate of drug-likeness (QED) is 0.657. The molecule has 1 aromatic carbocycles. The topological polar surface area (TPSA) is 54.2 Å². The molecule has 0 saturated carbocycles. The van der Waals surface area contributed by atoms with Gasteiger partial charge in [-0.3, -0.25) is 5.84 Å². The van der Waals surface area contributed by atoms with Gasteiger partial charge in [0.15, 0.2) is 0 Å². The van der Waals surface area contributed by atoms with Crippen LogP contribution in [0.15, 0.2) is 18.2 Å². The molecular weight excluding hydrogens is 269 g/mol. The minimum absolute atomic E-state index is 0.0107. The molecule has 7 heteroatoms. The minimum Gasteiger partial charge on any atom is -0.378 e. The number of hydrogen-bond acceptors (Lipinski definition) is 4. The first kappa shape index (κ1) is 14.4. The summed E-state index contributed by atoms with van der Waals surface area (Å²) in [5, 5.41) is 0.559. The molecule has 0 amide bonds. The van der Waals surface area contributed by atoms with Gasteiger partial charge >= 0.3 is 6.18 Å². The van der Waals surface area contributed by atoms with Gasteiger partial charge in [0.25, 0.3) is 0 Å². The summed E-state index contributed by atoms with van der Waals surface area (Å²) in [4.78, 5) is 5.57. The number of nitrogens with zero attached hydrogens (tertiary/aromatic N) is 2. The summed E-state index contributed by atoms with van der Waals surface area (Å²) < 4.78 is 38.9. The Labute approximate surface area is 114 Å². The lowest BCUT2D eigenvalue weighted by Gasteiger charge is -2.18. The van der Waals surface area contributed by atoms with Crippen LogP contribution in [0.2, 0.25) is 0 Å². The van der Waals surface area contributed by atoms with E-state index in [2.05, 4.69) is 10.4 Å². The molecule has 0 spiro atoms. The van der Waals surface area contributed by atoms with Gasteiger partial charge in [-0.05, 0) is 25.1 Å². The zero-order valence-corrected chi connectivity index (χ0v) is 11.3. The second-order valence-electron chi connectivity index (χ2n) is 4.70. The van der Waals surface area contributed by atoms with Gasteiger partial charge in [-0.1, -0.05) is 0 Å². The number of hydrogen-bond donors (Lipinski definition) is 2. The largest absolute Gasteiger partial charge is 0.433 e. The van der Waals surface area contributed by atoms with E-state index in [-0.39, 0.29) is 16.8 Å². The number of pyridine rings is 1. The van der Waals surface area contributed by atoms with Crippen LogP contribution < -0.4 is 16.2 Å². The highest BCUT2D eigenvalue weighted by Crippen LogP contribution is 2.37. The molecule has 0 saturated heterocycles. The predicted octanol–water partition coefficient (Wildman–Crippen LogP) is 2.91. The molecule has 2 rings (SSSR count). The number of fused-ring (bicyclic) bond motifs is 1. The number of nitrogens with two attached hydrogens (primary N) is 1. The summed E-state index contributed by atoms with van der Waals surface area (Å²) in [5.74, 6) is 5.40. The van der Waals surface area contributed by atoms with Crippen LogP contribution in [-0.2, 0) is 6.18 Å². The number of anilines is 2. The molecule has 0 aliphatic carbocycles. The van der Waals surface area contributed by atoms with E-state index < -0.39 is 11.9 Å². The van der Waals surface area contributed by atoms with Crippen molar-refractivity contribution in [2.24, 2.45) is 5.84 Å². The maximum absolute atomic E-state index is 13.0. The first-order valence-electron chi connectivity index (χ1n) is 5.91. The van der Waals surface area contributed by atoms with Crippen molar-refractivity contribution < 1.29 is 13.2 Å². The average molecular weight is 284 g/mol. The van der Waals surface area contributed by atoms with Crippen molar-refractivity contribution >= 4 is 22.3 Å². The monoisotopic (exact) mass is 284 g/mol. The number of halogens is 3. The van der Waals surface area contributed by atoms with E-state index in [1.54, 1.807) is 18.2 Å². The van der Waals surface area contributed by atoms with Gasteiger partial charge in [-0.25, -0.2) is 4.98 Å². The Bertz CT molecular complexity index is 650. The molecule has 1 heterocycles. The summed E-state index contributed by atoms with van der Waals surface area (Å²) in [6.45, 7) is 1.35. The molecule has 20 heavy (non-hydrogen) atoms. The van der Waals surface area contributed by atoms with Gasteiger partial charge in [0.2, 0.25) is 0 Å². The maximum Gasteiger partial charge on any atom is 0.433 e. The van der Waals surface area contributed by atoms with Gasteiger partial charge in [-0.15, -0.1) is 0 Å². The van der Waals surface area contributed by atoms with Crippen LogP contribution in [0, 0.1) is 6.92 Å². The van der Waals surface area contributed by atoms with Crippen molar-refractivity contribution in [3.8, 4) is 0 Å². The molecule has 0 unspecified atom stereocenters. The van der Waals surface area contributed by atoms with Gasteiger partial charge in [0.1, 0.15) is 5.69 Å². The number of hydrazine groups is 1. The summed E-state index contributed by atoms with van der Waals surface area (Å²) >= 11 is 0. The van der Waals surface area contributed by atoms with Gasteiger partial charge < -0.3 is 10.3 Å². The molecule has 0 bridgehead atoms. The van der Waals surface area contributed by atoms with Crippen molar-refractivity contribution in [1.29, 1.82) is 0 Å². The van der Waals surface area contributed by atoms with E-state index in [1.807, 2.05) is 19.0 Å². The Morgan fingerprint density at radius 3 is 2.40 bits per heavy atom. The molecule has 0 radical (unpaired) electrons. The number of nitrogen functional groups attached to an aromatic ring is 1. The lowest BCUT2D eigenvalue weighted by molar-refractivity contribution is -0.141. The Hall–Kier alpha value is -2.02. The van der Waals surface area contributed by atoms with Crippen molar-refractivity contribution in [1.82, 2.24) is 4.98 Å². The molecule has 0 fully saturated rings. The summed E-state index contributed by atoms with van der Waals surface area (Å²) in [5.41, 5.74) is 2.78. The second kappa shape index (κ2) is 4.82. The minimum atomic E-state index is -4.51.